The predicted octanol–water partition coefficient (Wildman–Crippen LogP) is 0.674. The van der Waals surface area contributed by atoms with E-state index in [4.69, 9.17) is 0 Å². The number of urea groups is 1. The van der Waals surface area contributed by atoms with E-state index in [1.54, 1.807) is 0 Å². The first-order chi connectivity index (χ1) is 9.97. The van der Waals surface area contributed by atoms with E-state index in [0.29, 0.717) is 6.42 Å². The zero-order valence-corrected chi connectivity index (χ0v) is 12.1. The van der Waals surface area contributed by atoms with E-state index >= 15 is 0 Å². The quantitative estimate of drug-likeness (QED) is 0.782. The summed E-state index contributed by atoms with van der Waals surface area (Å²) in [5, 5.41) is 5.28. The first kappa shape index (κ1) is 15.0. The molecule has 6 nitrogen and oxygen atoms in total. The van der Waals surface area contributed by atoms with Gasteiger partial charge in [0.2, 0.25) is 5.91 Å². The summed E-state index contributed by atoms with van der Waals surface area (Å²) >= 11 is 0. The van der Waals surface area contributed by atoms with Crippen LogP contribution in [0, 0.1) is 0 Å². The third-order valence-electron chi connectivity index (χ3n) is 3.14. The van der Waals surface area contributed by atoms with Crippen LogP contribution in [0.2, 0.25) is 0 Å². The second-order valence-electron chi connectivity index (χ2n) is 5.34. The lowest BCUT2D eigenvalue weighted by atomic mass is 10.1. The highest BCUT2D eigenvalue weighted by molar-refractivity contribution is 6.06. The highest BCUT2D eigenvalue weighted by Gasteiger charge is 2.38. The molecule has 21 heavy (non-hydrogen) atoms. The summed E-state index contributed by atoms with van der Waals surface area (Å²) in [6.45, 7) is 3.40. The van der Waals surface area contributed by atoms with Crippen LogP contribution in [0.1, 0.15) is 19.4 Å². The van der Waals surface area contributed by atoms with Gasteiger partial charge in [0, 0.05) is 12.5 Å². The van der Waals surface area contributed by atoms with Crippen molar-refractivity contribution in [2.45, 2.75) is 32.4 Å². The molecule has 1 fully saturated rings. The van der Waals surface area contributed by atoms with Crippen LogP contribution in [-0.4, -0.2) is 41.4 Å². The number of benzene rings is 1. The second kappa shape index (κ2) is 6.39. The van der Waals surface area contributed by atoms with Gasteiger partial charge in [-0.25, -0.2) is 4.79 Å². The van der Waals surface area contributed by atoms with Crippen LogP contribution in [0.4, 0.5) is 4.79 Å². The summed E-state index contributed by atoms with van der Waals surface area (Å²) in [4.78, 5) is 36.7. The van der Waals surface area contributed by atoms with Gasteiger partial charge < -0.3 is 10.6 Å². The molecule has 0 spiro atoms. The predicted molar refractivity (Wildman–Crippen MR) is 77.5 cm³/mol. The second-order valence-corrected chi connectivity index (χ2v) is 5.34. The Morgan fingerprint density at radius 2 is 1.95 bits per heavy atom. The molecule has 1 aromatic rings. The third-order valence-corrected chi connectivity index (χ3v) is 3.14. The Kier molecular flexibility index (Phi) is 4.57. The largest absolute Gasteiger partial charge is 0.352 e. The highest BCUT2D eigenvalue weighted by Crippen LogP contribution is 2.11. The number of amides is 4. The molecule has 1 aliphatic heterocycles. The molecular weight excluding hydrogens is 270 g/mol. The smallest absolute Gasteiger partial charge is 0.325 e. The van der Waals surface area contributed by atoms with E-state index < -0.39 is 12.1 Å². The molecule has 1 saturated heterocycles. The van der Waals surface area contributed by atoms with Gasteiger partial charge in [-0.2, -0.15) is 0 Å². The molecule has 0 bridgehead atoms. The summed E-state index contributed by atoms with van der Waals surface area (Å²) in [6.07, 6.45) is 0.424. The van der Waals surface area contributed by atoms with E-state index in [1.165, 1.54) is 0 Å². The number of carbonyl (C=O) groups is 3. The molecule has 0 saturated carbocycles. The molecule has 112 valence electrons. The van der Waals surface area contributed by atoms with Gasteiger partial charge >= 0.3 is 6.03 Å². The minimum Gasteiger partial charge on any atom is -0.352 e. The maximum absolute atomic E-state index is 12.2. The van der Waals surface area contributed by atoms with Crippen molar-refractivity contribution in [3.8, 4) is 0 Å². The Balaban J connectivity index is 1.98. The fraction of sp³-hybridized carbons (Fsp3) is 0.400. The summed E-state index contributed by atoms with van der Waals surface area (Å²) in [5.41, 5.74) is 0.963. The highest BCUT2D eigenvalue weighted by atomic mass is 16.2. The molecule has 1 aromatic carbocycles. The van der Waals surface area contributed by atoms with Crippen LogP contribution in [0.25, 0.3) is 0 Å². The fourth-order valence-corrected chi connectivity index (χ4v) is 2.23. The Labute approximate surface area is 123 Å². The first-order valence-electron chi connectivity index (χ1n) is 6.92. The zero-order chi connectivity index (χ0) is 15.4. The van der Waals surface area contributed by atoms with Crippen LogP contribution < -0.4 is 10.6 Å². The van der Waals surface area contributed by atoms with Crippen molar-refractivity contribution >= 4 is 17.8 Å². The van der Waals surface area contributed by atoms with E-state index in [9.17, 15) is 14.4 Å². The molecule has 1 aliphatic rings. The van der Waals surface area contributed by atoms with E-state index in [1.807, 2.05) is 44.2 Å². The van der Waals surface area contributed by atoms with Gasteiger partial charge in [-0.05, 0) is 19.4 Å². The standard InChI is InChI=1S/C15H19N3O3/c1-10(2)16-13(19)9-18-14(20)12(17-15(18)21)8-11-6-4-3-5-7-11/h3-7,10,12H,8-9H2,1-2H3,(H,16,19)(H,17,21)/t12-/m1/s1. The number of hydrogen-bond donors (Lipinski definition) is 2. The third kappa shape index (κ3) is 3.81. The molecule has 0 unspecified atom stereocenters. The van der Waals surface area contributed by atoms with Crippen molar-refractivity contribution in [2.75, 3.05) is 6.54 Å². The lowest BCUT2D eigenvalue weighted by molar-refractivity contribution is -0.132. The van der Waals surface area contributed by atoms with Gasteiger partial charge in [0.05, 0.1) is 0 Å². The fourth-order valence-electron chi connectivity index (χ4n) is 2.23. The van der Waals surface area contributed by atoms with Crippen LogP contribution in [0.3, 0.4) is 0 Å². The van der Waals surface area contributed by atoms with E-state index in [2.05, 4.69) is 10.6 Å². The summed E-state index contributed by atoms with van der Waals surface area (Å²) < 4.78 is 0. The molecule has 4 amide bonds. The minimum atomic E-state index is -0.605. The van der Waals surface area contributed by atoms with Crippen molar-refractivity contribution in [2.24, 2.45) is 0 Å². The lowest BCUT2D eigenvalue weighted by Crippen LogP contribution is -2.43. The molecule has 2 N–H and O–H groups in total. The molecule has 6 heteroatoms. The maximum Gasteiger partial charge on any atom is 0.325 e. The Morgan fingerprint density at radius 3 is 2.57 bits per heavy atom. The average Bonchev–Trinajstić information content (AvgIpc) is 2.67. The van der Waals surface area contributed by atoms with Gasteiger partial charge in [0.15, 0.2) is 0 Å². The first-order valence-corrected chi connectivity index (χ1v) is 6.92. The number of nitrogens with zero attached hydrogens (tertiary/aromatic N) is 1. The average molecular weight is 289 g/mol. The van der Waals surface area contributed by atoms with Crippen molar-refractivity contribution in [1.82, 2.24) is 15.5 Å². The Morgan fingerprint density at radius 1 is 1.29 bits per heavy atom. The van der Waals surface area contributed by atoms with Crippen molar-refractivity contribution in [3.63, 3.8) is 0 Å². The maximum atomic E-state index is 12.2. The van der Waals surface area contributed by atoms with E-state index in [-0.39, 0.29) is 24.4 Å². The number of nitrogens with one attached hydrogen (secondary N) is 2. The van der Waals surface area contributed by atoms with Crippen LogP contribution in [0.5, 0.6) is 0 Å². The topological polar surface area (TPSA) is 78.5 Å². The van der Waals surface area contributed by atoms with Crippen molar-refractivity contribution < 1.29 is 14.4 Å². The summed E-state index contributed by atoms with van der Waals surface area (Å²) in [7, 11) is 0. The Hall–Kier alpha value is -2.37. The molecule has 2 rings (SSSR count). The molecule has 0 aliphatic carbocycles. The molecular formula is C15H19N3O3. The lowest BCUT2D eigenvalue weighted by Gasteiger charge is -2.14. The number of carbonyl (C=O) groups excluding carboxylic acids is 3. The normalized spacial score (nSPS) is 18.0. The van der Waals surface area contributed by atoms with Crippen LogP contribution in [-0.2, 0) is 16.0 Å². The SMILES string of the molecule is CC(C)NC(=O)CN1C(=O)N[C@H](Cc2ccccc2)C1=O. The zero-order valence-electron chi connectivity index (χ0n) is 12.1. The summed E-state index contributed by atoms with van der Waals surface area (Å²) in [6, 6.07) is 8.29. The molecule has 1 atom stereocenters. The molecule has 1 heterocycles. The van der Waals surface area contributed by atoms with Crippen molar-refractivity contribution in [1.29, 1.82) is 0 Å². The monoisotopic (exact) mass is 289 g/mol. The molecule has 0 aromatic heterocycles. The number of imide groups is 1. The van der Waals surface area contributed by atoms with Gasteiger partial charge in [0.25, 0.3) is 5.91 Å². The van der Waals surface area contributed by atoms with Crippen LogP contribution >= 0.6 is 0 Å². The van der Waals surface area contributed by atoms with Gasteiger partial charge in [-0.1, -0.05) is 30.3 Å². The minimum absolute atomic E-state index is 0.0293. The van der Waals surface area contributed by atoms with Crippen LogP contribution in [0.15, 0.2) is 30.3 Å². The van der Waals surface area contributed by atoms with Gasteiger partial charge in [0.1, 0.15) is 12.6 Å². The Bertz CT molecular complexity index is 542. The number of hydrogen-bond acceptors (Lipinski definition) is 3. The summed E-state index contributed by atoms with van der Waals surface area (Å²) in [5.74, 6) is -0.698. The van der Waals surface area contributed by atoms with E-state index in [0.717, 1.165) is 10.5 Å². The van der Waals surface area contributed by atoms with Gasteiger partial charge in [-0.3, -0.25) is 14.5 Å². The molecule has 0 radical (unpaired) electrons. The van der Waals surface area contributed by atoms with Gasteiger partial charge in [-0.15, -0.1) is 0 Å². The number of rotatable bonds is 5. The van der Waals surface area contributed by atoms with Crippen molar-refractivity contribution in [3.05, 3.63) is 35.9 Å².